The fourth-order valence-corrected chi connectivity index (χ4v) is 2.47. The van der Waals surface area contributed by atoms with Gasteiger partial charge in [0.25, 0.3) is 5.91 Å². The monoisotopic (exact) mass is 334 g/mol. The number of aromatic nitrogens is 1. The highest BCUT2D eigenvalue weighted by atomic mass is 16.5. The van der Waals surface area contributed by atoms with Gasteiger partial charge in [0.2, 0.25) is 0 Å². The van der Waals surface area contributed by atoms with E-state index in [0.29, 0.717) is 16.8 Å². The summed E-state index contributed by atoms with van der Waals surface area (Å²) in [6, 6.07) is 15.7. The summed E-state index contributed by atoms with van der Waals surface area (Å²) in [5.41, 5.74) is 2.36. The van der Waals surface area contributed by atoms with Crippen molar-refractivity contribution in [2.24, 2.45) is 0 Å². The number of amides is 1. The molecular formula is C20H18N2O3. The zero-order chi connectivity index (χ0) is 17.8. The maximum Gasteiger partial charge on any atom is 0.338 e. The molecule has 0 aliphatic heterocycles. The first-order valence-electron chi connectivity index (χ1n) is 8.01. The fourth-order valence-electron chi connectivity index (χ4n) is 2.47. The topological polar surface area (TPSA) is 68.3 Å². The van der Waals surface area contributed by atoms with E-state index >= 15 is 0 Å². The third-order valence-corrected chi connectivity index (χ3v) is 3.61. The molecule has 3 rings (SSSR count). The Morgan fingerprint density at radius 1 is 1.00 bits per heavy atom. The standard InChI is InChI=1S/C20H18N2O3/c1-13(2)25-20(24)14-8-10-15(11-9-14)22-19(23)17-5-3-7-18-16(17)6-4-12-21-18/h3-13H,1-2H3,(H,22,23). The van der Waals surface area contributed by atoms with Crippen LogP contribution in [0.15, 0.2) is 60.8 Å². The zero-order valence-electron chi connectivity index (χ0n) is 14.0. The van der Waals surface area contributed by atoms with Gasteiger partial charge < -0.3 is 10.1 Å². The van der Waals surface area contributed by atoms with Crippen molar-refractivity contribution in [1.29, 1.82) is 0 Å². The van der Waals surface area contributed by atoms with Gasteiger partial charge in [-0.05, 0) is 56.3 Å². The highest BCUT2D eigenvalue weighted by molar-refractivity contribution is 6.12. The lowest BCUT2D eigenvalue weighted by Gasteiger charge is -2.10. The van der Waals surface area contributed by atoms with Crippen LogP contribution >= 0.6 is 0 Å². The van der Waals surface area contributed by atoms with Gasteiger partial charge in [-0.2, -0.15) is 0 Å². The van der Waals surface area contributed by atoms with Gasteiger partial charge in [-0.15, -0.1) is 0 Å². The molecule has 5 nitrogen and oxygen atoms in total. The first-order chi connectivity index (χ1) is 12.0. The Bertz CT molecular complexity index is 912. The molecule has 0 aliphatic carbocycles. The maximum atomic E-state index is 12.6. The largest absolute Gasteiger partial charge is 0.459 e. The van der Waals surface area contributed by atoms with Crippen molar-refractivity contribution >= 4 is 28.5 Å². The van der Waals surface area contributed by atoms with Crippen LogP contribution in [0.4, 0.5) is 5.69 Å². The molecule has 1 amide bonds. The summed E-state index contributed by atoms with van der Waals surface area (Å²) in [4.78, 5) is 28.7. The minimum Gasteiger partial charge on any atom is -0.459 e. The SMILES string of the molecule is CC(C)OC(=O)c1ccc(NC(=O)c2cccc3ncccc23)cc1. The number of fused-ring (bicyclic) bond motifs is 1. The molecule has 0 saturated carbocycles. The van der Waals surface area contributed by atoms with Crippen molar-refractivity contribution in [3.63, 3.8) is 0 Å². The number of rotatable bonds is 4. The molecule has 0 unspecified atom stereocenters. The van der Waals surface area contributed by atoms with Crippen LogP contribution in [-0.2, 0) is 4.74 Å². The van der Waals surface area contributed by atoms with Gasteiger partial charge in [0.05, 0.1) is 17.2 Å². The molecule has 1 heterocycles. The molecule has 0 aliphatic rings. The highest BCUT2D eigenvalue weighted by Crippen LogP contribution is 2.19. The maximum absolute atomic E-state index is 12.6. The van der Waals surface area contributed by atoms with Gasteiger partial charge in [0.15, 0.2) is 0 Å². The summed E-state index contributed by atoms with van der Waals surface area (Å²) < 4.78 is 5.14. The fraction of sp³-hybridized carbons (Fsp3) is 0.150. The number of carbonyl (C=O) groups is 2. The number of carbonyl (C=O) groups excluding carboxylic acids is 2. The summed E-state index contributed by atoms with van der Waals surface area (Å²) in [5.74, 6) is -0.607. The first kappa shape index (κ1) is 16.6. The quantitative estimate of drug-likeness (QED) is 0.731. The second-order valence-corrected chi connectivity index (χ2v) is 5.86. The average molecular weight is 334 g/mol. The normalized spacial score (nSPS) is 10.7. The number of ether oxygens (including phenoxy) is 1. The van der Waals surface area contributed by atoms with Gasteiger partial charge in [-0.25, -0.2) is 4.79 Å². The van der Waals surface area contributed by atoms with Crippen LogP contribution in [0.5, 0.6) is 0 Å². The number of hydrogen-bond acceptors (Lipinski definition) is 4. The molecule has 1 N–H and O–H groups in total. The van der Waals surface area contributed by atoms with Crippen molar-refractivity contribution in [1.82, 2.24) is 4.98 Å². The number of nitrogens with zero attached hydrogens (tertiary/aromatic N) is 1. The summed E-state index contributed by atoms with van der Waals surface area (Å²) >= 11 is 0. The van der Waals surface area contributed by atoms with Gasteiger partial charge in [0, 0.05) is 22.8 Å². The van der Waals surface area contributed by atoms with E-state index in [1.165, 1.54) is 0 Å². The summed E-state index contributed by atoms with van der Waals surface area (Å²) in [6.07, 6.45) is 1.52. The second-order valence-electron chi connectivity index (χ2n) is 5.86. The van der Waals surface area contributed by atoms with E-state index in [-0.39, 0.29) is 18.0 Å². The number of pyridine rings is 1. The van der Waals surface area contributed by atoms with E-state index < -0.39 is 0 Å². The predicted molar refractivity (Wildman–Crippen MR) is 96.7 cm³/mol. The third-order valence-electron chi connectivity index (χ3n) is 3.61. The van der Waals surface area contributed by atoms with Gasteiger partial charge in [-0.1, -0.05) is 12.1 Å². The smallest absolute Gasteiger partial charge is 0.338 e. The predicted octanol–water partition coefficient (Wildman–Crippen LogP) is 4.05. The van der Waals surface area contributed by atoms with E-state index in [4.69, 9.17) is 4.74 Å². The van der Waals surface area contributed by atoms with E-state index in [1.807, 2.05) is 12.1 Å². The van der Waals surface area contributed by atoms with Crippen molar-refractivity contribution in [2.75, 3.05) is 5.32 Å². The van der Waals surface area contributed by atoms with E-state index in [0.717, 1.165) is 10.9 Å². The number of hydrogen-bond donors (Lipinski definition) is 1. The molecule has 25 heavy (non-hydrogen) atoms. The lowest BCUT2D eigenvalue weighted by Crippen LogP contribution is -2.13. The zero-order valence-corrected chi connectivity index (χ0v) is 14.0. The molecule has 3 aromatic rings. The Kier molecular flexibility index (Phi) is 4.75. The summed E-state index contributed by atoms with van der Waals surface area (Å²) in [7, 11) is 0. The van der Waals surface area contributed by atoms with Crippen molar-refractivity contribution in [3.05, 3.63) is 71.9 Å². The Morgan fingerprint density at radius 3 is 2.48 bits per heavy atom. The number of esters is 1. The summed E-state index contributed by atoms with van der Waals surface area (Å²) in [6.45, 7) is 3.59. The molecule has 0 saturated heterocycles. The molecule has 126 valence electrons. The van der Waals surface area contributed by atoms with Crippen LogP contribution in [0.1, 0.15) is 34.6 Å². The van der Waals surface area contributed by atoms with Crippen molar-refractivity contribution in [3.8, 4) is 0 Å². The minimum atomic E-state index is -0.381. The number of nitrogens with one attached hydrogen (secondary N) is 1. The van der Waals surface area contributed by atoms with Crippen molar-refractivity contribution < 1.29 is 14.3 Å². The first-order valence-corrected chi connectivity index (χ1v) is 8.01. The Balaban J connectivity index is 1.78. The molecule has 0 radical (unpaired) electrons. The van der Waals surface area contributed by atoms with Crippen LogP contribution in [0, 0.1) is 0 Å². The minimum absolute atomic E-state index is 0.174. The van der Waals surface area contributed by atoms with Crippen LogP contribution in [0.2, 0.25) is 0 Å². The lowest BCUT2D eigenvalue weighted by molar-refractivity contribution is 0.0378. The Morgan fingerprint density at radius 2 is 1.76 bits per heavy atom. The number of benzene rings is 2. The van der Waals surface area contributed by atoms with Crippen LogP contribution < -0.4 is 5.32 Å². The van der Waals surface area contributed by atoms with Gasteiger partial charge >= 0.3 is 5.97 Å². The van der Waals surface area contributed by atoms with Crippen molar-refractivity contribution in [2.45, 2.75) is 20.0 Å². The molecule has 1 aromatic heterocycles. The van der Waals surface area contributed by atoms with E-state index in [2.05, 4.69) is 10.3 Å². The molecule has 0 fully saturated rings. The summed E-state index contributed by atoms with van der Waals surface area (Å²) in [5, 5.41) is 3.63. The van der Waals surface area contributed by atoms with Gasteiger partial charge in [-0.3, -0.25) is 9.78 Å². The van der Waals surface area contributed by atoms with Crippen LogP contribution in [0.3, 0.4) is 0 Å². The highest BCUT2D eigenvalue weighted by Gasteiger charge is 2.12. The van der Waals surface area contributed by atoms with Crippen LogP contribution in [0.25, 0.3) is 10.9 Å². The third kappa shape index (κ3) is 3.83. The Labute approximate surface area is 145 Å². The molecule has 2 aromatic carbocycles. The molecule has 0 spiro atoms. The lowest BCUT2D eigenvalue weighted by atomic mass is 10.1. The second kappa shape index (κ2) is 7.13. The van der Waals surface area contributed by atoms with Gasteiger partial charge in [0.1, 0.15) is 0 Å². The molecule has 5 heteroatoms. The Hall–Kier alpha value is -3.21. The van der Waals surface area contributed by atoms with E-state index in [1.54, 1.807) is 62.5 Å². The van der Waals surface area contributed by atoms with Crippen LogP contribution in [-0.4, -0.2) is 23.0 Å². The van der Waals surface area contributed by atoms with E-state index in [9.17, 15) is 9.59 Å². The molecular weight excluding hydrogens is 316 g/mol. The molecule has 0 bridgehead atoms. The average Bonchev–Trinajstić information content (AvgIpc) is 2.61. The molecule has 0 atom stereocenters. The number of anilines is 1.